The molecule has 0 aliphatic heterocycles. The molecule has 2 aromatic rings. The predicted octanol–water partition coefficient (Wildman–Crippen LogP) is 2.38. The van der Waals surface area contributed by atoms with Crippen LogP contribution in [-0.2, 0) is 20.9 Å². The number of ether oxygens (including phenoxy) is 2. The quantitative estimate of drug-likeness (QED) is 0.597. The fourth-order valence-corrected chi connectivity index (χ4v) is 1.53. The summed E-state index contributed by atoms with van der Waals surface area (Å²) in [6, 6.07) is 18.0. The largest absolute Gasteiger partial charge is 0.485 e. The smallest absolute Gasteiger partial charge is 0.378 e. The van der Waals surface area contributed by atoms with E-state index < -0.39 is 11.8 Å². The molecule has 0 fully saturated rings. The van der Waals surface area contributed by atoms with Gasteiger partial charge in [-0.3, -0.25) is 4.79 Å². The number of carbonyl (C=O) groups is 2. The number of Topliss-reactive ketones (excluding diaryl/α,β-unsaturated/α-hetero) is 1. The van der Waals surface area contributed by atoms with Gasteiger partial charge < -0.3 is 9.47 Å². The first-order valence-electron chi connectivity index (χ1n) is 6.17. The Balaban J connectivity index is 1.76. The molecule has 20 heavy (non-hydrogen) atoms. The zero-order chi connectivity index (χ0) is 14.2. The van der Waals surface area contributed by atoms with E-state index in [2.05, 4.69) is 0 Å². The van der Waals surface area contributed by atoms with E-state index in [9.17, 15) is 9.59 Å². The van der Waals surface area contributed by atoms with E-state index in [1.54, 1.807) is 24.3 Å². The summed E-state index contributed by atoms with van der Waals surface area (Å²) in [4.78, 5) is 23.0. The van der Waals surface area contributed by atoms with Gasteiger partial charge in [-0.2, -0.15) is 0 Å². The lowest BCUT2D eigenvalue weighted by atomic mass is 10.2. The predicted molar refractivity (Wildman–Crippen MR) is 73.2 cm³/mol. The second kappa shape index (κ2) is 7.09. The third-order valence-corrected chi connectivity index (χ3v) is 2.55. The summed E-state index contributed by atoms with van der Waals surface area (Å²) < 4.78 is 10.1. The number of carbonyl (C=O) groups excluding carboxylic acids is 2. The Morgan fingerprint density at radius 1 is 0.850 bits per heavy atom. The van der Waals surface area contributed by atoms with Gasteiger partial charge in [-0.15, -0.1) is 0 Å². The summed E-state index contributed by atoms with van der Waals surface area (Å²) in [7, 11) is 0. The maximum absolute atomic E-state index is 11.5. The van der Waals surface area contributed by atoms with Crippen LogP contribution in [0.5, 0.6) is 5.75 Å². The van der Waals surface area contributed by atoms with Crippen LogP contribution in [0.25, 0.3) is 0 Å². The molecule has 0 heterocycles. The van der Waals surface area contributed by atoms with Crippen LogP contribution >= 0.6 is 0 Å². The van der Waals surface area contributed by atoms with E-state index in [0.717, 1.165) is 5.56 Å². The highest BCUT2D eigenvalue weighted by molar-refractivity contribution is 6.34. The lowest BCUT2D eigenvalue weighted by Crippen LogP contribution is -2.23. The summed E-state index contributed by atoms with van der Waals surface area (Å²) in [5.41, 5.74) is 0.831. The zero-order valence-electron chi connectivity index (χ0n) is 10.8. The minimum atomic E-state index is -0.884. The van der Waals surface area contributed by atoms with Crippen molar-refractivity contribution in [2.24, 2.45) is 0 Å². The topological polar surface area (TPSA) is 52.6 Å². The highest BCUT2D eigenvalue weighted by atomic mass is 16.5. The van der Waals surface area contributed by atoms with E-state index >= 15 is 0 Å². The SMILES string of the molecule is O=C(COc1ccccc1)C(=O)OCc1ccccc1. The second-order valence-corrected chi connectivity index (χ2v) is 4.09. The molecule has 0 unspecified atom stereocenters. The summed E-state index contributed by atoms with van der Waals surface area (Å²) in [5, 5.41) is 0. The minimum Gasteiger partial charge on any atom is -0.485 e. The first-order chi connectivity index (χ1) is 9.75. The second-order valence-electron chi connectivity index (χ2n) is 4.09. The van der Waals surface area contributed by atoms with Crippen LogP contribution in [0.3, 0.4) is 0 Å². The van der Waals surface area contributed by atoms with Crippen LogP contribution in [0, 0.1) is 0 Å². The average molecular weight is 270 g/mol. The molecule has 0 saturated heterocycles. The summed E-state index contributed by atoms with van der Waals surface area (Å²) in [5.74, 6) is -1.05. The summed E-state index contributed by atoms with van der Waals surface area (Å²) in [6.45, 7) is -0.242. The van der Waals surface area contributed by atoms with E-state index in [1.807, 2.05) is 36.4 Å². The van der Waals surface area contributed by atoms with Crippen LogP contribution in [0.1, 0.15) is 5.56 Å². The van der Waals surface area contributed by atoms with Crippen molar-refractivity contribution in [2.75, 3.05) is 6.61 Å². The first-order valence-corrected chi connectivity index (χ1v) is 6.17. The van der Waals surface area contributed by atoms with Crippen LogP contribution in [0.15, 0.2) is 60.7 Å². The molecule has 0 aliphatic carbocycles. The maximum atomic E-state index is 11.5. The summed E-state index contributed by atoms with van der Waals surface area (Å²) in [6.07, 6.45) is 0. The molecular formula is C16H14O4. The third kappa shape index (κ3) is 4.24. The Hall–Kier alpha value is -2.62. The molecule has 2 rings (SSSR count). The standard InChI is InChI=1S/C16H14O4/c17-15(12-19-14-9-5-2-6-10-14)16(18)20-11-13-7-3-1-4-8-13/h1-10H,11-12H2. The highest BCUT2D eigenvalue weighted by Gasteiger charge is 2.16. The molecule has 0 amide bonds. The van der Waals surface area contributed by atoms with Crippen molar-refractivity contribution >= 4 is 11.8 Å². The molecule has 0 atom stereocenters. The lowest BCUT2D eigenvalue weighted by Gasteiger charge is -2.06. The molecule has 2 aromatic carbocycles. The van der Waals surface area contributed by atoms with Gasteiger partial charge in [0.05, 0.1) is 0 Å². The van der Waals surface area contributed by atoms with Gasteiger partial charge in [-0.25, -0.2) is 4.79 Å². The molecule has 0 spiro atoms. The van der Waals surface area contributed by atoms with Crippen molar-refractivity contribution in [2.45, 2.75) is 6.61 Å². The van der Waals surface area contributed by atoms with E-state index in [-0.39, 0.29) is 13.2 Å². The van der Waals surface area contributed by atoms with E-state index in [4.69, 9.17) is 9.47 Å². The first kappa shape index (κ1) is 13.8. The van der Waals surface area contributed by atoms with Crippen molar-refractivity contribution in [3.05, 3.63) is 66.2 Å². The fourth-order valence-electron chi connectivity index (χ4n) is 1.53. The van der Waals surface area contributed by atoms with Gasteiger partial charge in [0.1, 0.15) is 12.4 Å². The van der Waals surface area contributed by atoms with Crippen molar-refractivity contribution in [3.63, 3.8) is 0 Å². The number of hydrogen-bond donors (Lipinski definition) is 0. The van der Waals surface area contributed by atoms with Crippen molar-refractivity contribution < 1.29 is 19.1 Å². The van der Waals surface area contributed by atoms with Gasteiger partial charge in [-0.1, -0.05) is 48.5 Å². The molecule has 0 radical (unpaired) electrons. The molecule has 0 saturated carbocycles. The summed E-state index contributed by atoms with van der Waals surface area (Å²) >= 11 is 0. The number of rotatable bonds is 6. The number of benzene rings is 2. The molecule has 0 aliphatic rings. The number of para-hydroxylation sites is 1. The lowest BCUT2D eigenvalue weighted by molar-refractivity contribution is -0.155. The molecule has 4 nitrogen and oxygen atoms in total. The van der Waals surface area contributed by atoms with Gasteiger partial charge in [0.15, 0.2) is 6.61 Å². The number of ketones is 1. The van der Waals surface area contributed by atoms with Crippen molar-refractivity contribution in [3.8, 4) is 5.75 Å². The van der Waals surface area contributed by atoms with Crippen LogP contribution < -0.4 is 4.74 Å². The minimum absolute atomic E-state index is 0.0801. The molecular weight excluding hydrogens is 256 g/mol. The average Bonchev–Trinajstić information content (AvgIpc) is 2.52. The molecule has 0 bridgehead atoms. The fraction of sp³-hybridized carbons (Fsp3) is 0.125. The number of hydrogen-bond acceptors (Lipinski definition) is 4. The Morgan fingerprint density at radius 2 is 1.45 bits per heavy atom. The Labute approximate surface area is 116 Å². The Bertz CT molecular complexity index is 510. The molecule has 0 N–H and O–H groups in total. The van der Waals surface area contributed by atoms with Crippen molar-refractivity contribution in [1.29, 1.82) is 0 Å². The normalized spacial score (nSPS) is 9.80. The Morgan fingerprint density at radius 3 is 2.10 bits per heavy atom. The Kier molecular flexibility index (Phi) is 4.89. The molecule has 4 heteroatoms. The number of esters is 1. The van der Waals surface area contributed by atoms with E-state index in [1.165, 1.54) is 0 Å². The maximum Gasteiger partial charge on any atom is 0.378 e. The third-order valence-electron chi connectivity index (χ3n) is 2.55. The van der Waals surface area contributed by atoms with Crippen LogP contribution in [0.2, 0.25) is 0 Å². The van der Waals surface area contributed by atoms with Crippen LogP contribution in [0.4, 0.5) is 0 Å². The van der Waals surface area contributed by atoms with Gasteiger partial charge in [-0.05, 0) is 17.7 Å². The highest BCUT2D eigenvalue weighted by Crippen LogP contribution is 2.08. The van der Waals surface area contributed by atoms with Gasteiger partial charge in [0.2, 0.25) is 0 Å². The van der Waals surface area contributed by atoms with Gasteiger partial charge in [0, 0.05) is 0 Å². The van der Waals surface area contributed by atoms with Crippen LogP contribution in [-0.4, -0.2) is 18.4 Å². The van der Waals surface area contributed by atoms with E-state index in [0.29, 0.717) is 5.75 Å². The van der Waals surface area contributed by atoms with Crippen molar-refractivity contribution in [1.82, 2.24) is 0 Å². The van der Waals surface area contributed by atoms with Gasteiger partial charge >= 0.3 is 5.97 Å². The monoisotopic (exact) mass is 270 g/mol. The molecule has 0 aromatic heterocycles. The van der Waals surface area contributed by atoms with Gasteiger partial charge in [0.25, 0.3) is 5.78 Å². The molecule has 102 valence electrons. The zero-order valence-corrected chi connectivity index (χ0v) is 10.8.